The summed E-state index contributed by atoms with van der Waals surface area (Å²) in [4.78, 5) is 4.11. The third-order valence-electron chi connectivity index (χ3n) is 2.85. The summed E-state index contributed by atoms with van der Waals surface area (Å²) < 4.78 is 14.2. The van der Waals surface area contributed by atoms with Crippen molar-refractivity contribution in [2.45, 2.75) is 39.0 Å². The summed E-state index contributed by atoms with van der Waals surface area (Å²) in [5, 5.41) is 0. The quantitative estimate of drug-likeness (QED) is 0.693. The molecule has 2 rings (SSSR count). The van der Waals surface area contributed by atoms with E-state index in [4.69, 9.17) is 4.74 Å². The first kappa shape index (κ1) is 13.9. The van der Waals surface area contributed by atoms with E-state index in [0.717, 1.165) is 30.7 Å². The topological polar surface area (TPSA) is 47.9 Å². The summed E-state index contributed by atoms with van der Waals surface area (Å²) in [6.45, 7) is 2.93. The van der Waals surface area contributed by atoms with Crippen LogP contribution in [0.1, 0.15) is 43.9 Å². The Kier molecular flexibility index (Phi) is 5.75. The Morgan fingerprint density at radius 2 is 2.16 bits per heavy atom. The van der Waals surface area contributed by atoms with Gasteiger partial charge in [-0.2, -0.15) is 4.37 Å². The zero-order valence-electron chi connectivity index (χ0n) is 11.2. The van der Waals surface area contributed by atoms with Crippen LogP contribution >= 0.6 is 11.7 Å². The van der Waals surface area contributed by atoms with E-state index < -0.39 is 0 Å². The zero-order chi connectivity index (χ0) is 13.3. The van der Waals surface area contributed by atoms with Gasteiger partial charge in [0, 0.05) is 18.8 Å². The minimum absolute atomic E-state index is 0.686. The van der Waals surface area contributed by atoms with Crippen molar-refractivity contribution in [2.24, 2.45) is 0 Å². The molecule has 0 aliphatic carbocycles. The van der Waals surface area contributed by atoms with Gasteiger partial charge in [-0.15, -0.1) is 4.37 Å². The molecule has 4 nitrogen and oxygen atoms in total. The Morgan fingerprint density at radius 3 is 2.95 bits per heavy atom. The van der Waals surface area contributed by atoms with Gasteiger partial charge >= 0.3 is 0 Å². The van der Waals surface area contributed by atoms with Gasteiger partial charge in [0.05, 0.1) is 18.3 Å². The molecule has 0 aliphatic rings. The molecule has 2 aromatic rings. The third-order valence-corrected chi connectivity index (χ3v) is 3.40. The van der Waals surface area contributed by atoms with Crippen LogP contribution in [-0.2, 0) is 6.42 Å². The predicted octanol–water partition coefficient (Wildman–Crippen LogP) is 3.48. The summed E-state index contributed by atoms with van der Waals surface area (Å²) in [7, 11) is 0. The average molecular weight is 277 g/mol. The molecule has 0 amide bonds. The van der Waals surface area contributed by atoms with E-state index in [2.05, 4.69) is 20.7 Å². The van der Waals surface area contributed by atoms with Crippen LogP contribution < -0.4 is 4.74 Å². The maximum Gasteiger partial charge on any atom is 0.249 e. The smallest absolute Gasteiger partial charge is 0.249 e. The highest BCUT2D eigenvalue weighted by Gasteiger charge is 2.10. The van der Waals surface area contributed by atoms with E-state index in [1.54, 1.807) is 6.20 Å². The second-order valence-electron chi connectivity index (χ2n) is 4.46. The van der Waals surface area contributed by atoms with E-state index in [-0.39, 0.29) is 0 Å². The second kappa shape index (κ2) is 7.84. The molecule has 0 fully saturated rings. The van der Waals surface area contributed by atoms with Crippen molar-refractivity contribution in [1.29, 1.82) is 0 Å². The van der Waals surface area contributed by atoms with E-state index in [9.17, 15) is 0 Å². The molecule has 0 saturated carbocycles. The number of rotatable bonds is 8. The van der Waals surface area contributed by atoms with E-state index in [1.165, 1.54) is 31.0 Å². The number of pyridine rings is 1. The second-order valence-corrected chi connectivity index (χ2v) is 4.99. The lowest BCUT2D eigenvalue weighted by molar-refractivity contribution is 0.293. The predicted molar refractivity (Wildman–Crippen MR) is 76.6 cm³/mol. The van der Waals surface area contributed by atoms with Gasteiger partial charge in [-0.3, -0.25) is 4.98 Å². The highest BCUT2D eigenvalue weighted by molar-refractivity contribution is 6.99. The van der Waals surface area contributed by atoms with Gasteiger partial charge in [0.2, 0.25) is 5.88 Å². The van der Waals surface area contributed by atoms with Crippen molar-refractivity contribution in [3.63, 3.8) is 0 Å². The first-order valence-corrected chi connectivity index (χ1v) is 7.46. The van der Waals surface area contributed by atoms with Crippen LogP contribution in [-0.4, -0.2) is 20.3 Å². The van der Waals surface area contributed by atoms with Crippen molar-refractivity contribution < 1.29 is 4.74 Å². The summed E-state index contributed by atoms with van der Waals surface area (Å²) in [5.74, 6) is 0.686. The largest absolute Gasteiger partial charge is 0.476 e. The normalized spacial score (nSPS) is 10.6. The van der Waals surface area contributed by atoms with Crippen molar-refractivity contribution in [1.82, 2.24) is 13.7 Å². The highest BCUT2D eigenvalue weighted by atomic mass is 32.1. The molecule has 2 heterocycles. The summed E-state index contributed by atoms with van der Waals surface area (Å²) in [6.07, 6.45) is 9.16. The van der Waals surface area contributed by atoms with Crippen molar-refractivity contribution in [3.8, 4) is 5.88 Å². The molecular formula is C14H19N3OS. The highest BCUT2D eigenvalue weighted by Crippen LogP contribution is 2.19. The van der Waals surface area contributed by atoms with E-state index in [1.807, 2.05) is 18.3 Å². The Labute approximate surface area is 118 Å². The lowest BCUT2D eigenvalue weighted by Gasteiger charge is -2.04. The fourth-order valence-electron chi connectivity index (χ4n) is 1.81. The minimum Gasteiger partial charge on any atom is -0.476 e. The van der Waals surface area contributed by atoms with Gasteiger partial charge in [-0.25, -0.2) is 0 Å². The fourth-order valence-corrected chi connectivity index (χ4v) is 2.32. The third kappa shape index (κ3) is 4.59. The van der Waals surface area contributed by atoms with Crippen LogP contribution in [0.25, 0.3) is 0 Å². The average Bonchev–Trinajstić information content (AvgIpc) is 2.87. The number of ether oxygens (including phenoxy) is 1. The monoisotopic (exact) mass is 277 g/mol. The molecule has 0 atom stereocenters. The van der Waals surface area contributed by atoms with Crippen LogP contribution in [0.15, 0.2) is 24.5 Å². The Bertz CT molecular complexity index is 473. The number of hydrogen-bond acceptors (Lipinski definition) is 5. The first-order chi connectivity index (χ1) is 9.40. The molecule has 0 saturated heterocycles. The Balaban J connectivity index is 1.84. The molecule has 5 heteroatoms. The van der Waals surface area contributed by atoms with Crippen LogP contribution in [0.2, 0.25) is 0 Å². The Hall–Kier alpha value is -1.49. The van der Waals surface area contributed by atoms with E-state index in [0.29, 0.717) is 5.88 Å². The molecule has 0 bridgehead atoms. The zero-order valence-corrected chi connectivity index (χ0v) is 12.0. The lowest BCUT2D eigenvalue weighted by atomic mass is 10.2. The molecule has 102 valence electrons. The SMILES string of the molecule is CCCCCCOc1nsnc1Cc1cccnc1. The molecule has 2 aromatic heterocycles. The van der Waals surface area contributed by atoms with Gasteiger partial charge < -0.3 is 4.74 Å². The van der Waals surface area contributed by atoms with Crippen LogP contribution in [0.4, 0.5) is 0 Å². The van der Waals surface area contributed by atoms with Crippen LogP contribution in [0.5, 0.6) is 5.88 Å². The van der Waals surface area contributed by atoms with Crippen molar-refractivity contribution in [2.75, 3.05) is 6.61 Å². The molecule has 0 N–H and O–H groups in total. The summed E-state index contributed by atoms with van der Waals surface area (Å²) >= 11 is 1.21. The molecule has 0 spiro atoms. The summed E-state index contributed by atoms with van der Waals surface area (Å²) in [5.41, 5.74) is 2.04. The number of nitrogens with zero attached hydrogens (tertiary/aromatic N) is 3. The number of hydrogen-bond donors (Lipinski definition) is 0. The first-order valence-electron chi connectivity index (χ1n) is 6.73. The van der Waals surface area contributed by atoms with Crippen LogP contribution in [0, 0.1) is 0 Å². The van der Waals surface area contributed by atoms with Gasteiger partial charge in [-0.05, 0) is 18.1 Å². The minimum atomic E-state index is 0.686. The molecule has 0 unspecified atom stereocenters. The molecule has 19 heavy (non-hydrogen) atoms. The number of unbranched alkanes of at least 4 members (excludes halogenated alkanes) is 3. The molecular weight excluding hydrogens is 258 g/mol. The van der Waals surface area contributed by atoms with Crippen molar-refractivity contribution in [3.05, 3.63) is 35.8 Å². The number of aromatic nitrogens is 3. The van der Waals surface area contributed by atoms with Gasteiger partial charge in [-0.1, -0.05) is 32.3 Å². The Morgan fingerprint density at radius 1 is 1.21 bits per heavy atom. The van der Waals surface area contributed by atoms with Gasteiger partial charge in [0.1, 0.15) is 5.69 Å². The maximum atomic E-state index is 5.71. The summed E-state index contributed by atoms with van der Waals surface area (Å²) in [6, 6.07) is 3.97. The van der Waals surface area contributed by atoms with E-state index >= 15 is 0 Å². The standard InChI is InChI=1S/C14H19N3OS/c1-2-3-4-5-9-18-14-13(16-19-17-14)10-12-7-6-8-15-11-12/h6-8,11H,2-5,9-10H2,1H3. The maximum absolute atomic E-state index is 5.71. The fraction of sp³-hybridized carbons (Fsp3) is 0.500. The van der Waals surface area contributed by atoms with Crippen molar-refractivity contribution >= 4 is 11.7 Å². The van der Waals surface area contributed by atoms with Crippen LogP contribution in [0.3, 0.4) is 0 Å². The van der Waals surface area contributed by atoms with Gasteiger partial charge in [0.25, 0.3) is 0 Å². The van der Waals surface area contributed by atoms with Gasteiger partial charge in [0.15, 0.2) is 0 Å². The molecule has 0 aliphatic heterocycles. The lowest BCUT2D eigenvalue weighted by Crippen LogP contribution is -2.01. The molecule has 0 aromatic carbocycles. The molecule has 0 radical (unpaired) electrons.